The van der Waals surface area contributed by atoms with Crippen molar-refractivity contribution < 1.29 is 19.1 Å². The lowest BCUT2D eigenvalue weighted by molar-refractivity contribution is -0.155. The van der Waals surface area contributed by atoms with Crippen LogP contribution >= 0.6 is 0 Å². The molecule has 0 spiro atoms. The maximum Gasteiger partial charge on any atom is 0.306 e. The Balaban J connectivity index is 2.19. The minimum Gasteiger partial charge on any atom is -0.460 e. The van der Waals surface area contributed by atoms with Crippen LogP contribution in [-0.4, -0.2) is 43.3 Å². The third-order valence-corrected chi connectivity index (χ3v) is 3.32. The molecule has 122 valence electrons. The van der Waals surface area contributed by atoms with Crippen molar-refractivity contribution in [1.29, 1.82) is 0 Å². The maximum atomic E-state index is 11.9. The van der Waals surface area contributed by atoms with Crippen molar-refractivity contribution in [3.8, 4) is 0 Å². The molecule has 0 bridgehead atoms. The van der Waals surface area contributed by atoms with Crippen molar-refractivity contribution in [3.63, 3.8) is 0 Å². The summed E-state index contributed by atoms with van der Waals surface area (Å²) < 4.78 is 10.5. The van der Waals surface area contributed by atoms with Gasteiger partial charge in [-0.3, -0.25) is 9.59 Å². The molecule has 6 nitrogen and oxygen atoms in total. The monoisotopic (exact) mass is 300 g/mol. The molecule has 1 aliphatic heterocycles. The van der Waals surface area contributed by atoms with E-state index in [1.807, 2.05) is 20.8 Å². The van der Waals surface area contributed by atoms with Crippen LogP contribution in [0.25, 0.3) is 0 Å². The van der Waals surface area contributed by atoms with Gasteiger partial charge in [0.05, 0.1) is 6.04 Å². The van der Waals surface area contributed by atoms with E-state index < -0.39 is 11.6 Å². The van der Waals surface area contributed by atoms with Gasteiger partial charge in [0.25, 0.3) is 0 Å². The second-order valence-electron chi connectivity index (χ2n) is 6.53. The van der Waals surface area contributed by atoms with E-state index >= 15 is 0 Å². The first kappa shape index (κ1) is 17.9. The third-order valence-electron chi connectivity index (χ3n) is 3.32. The largest absolute Gasteiger partial charge is 0.460 e. The molecule has 0 aliphatic carbocycles. The predicted octanol–water partition coefficient (Wildman–Crippen LogP) is 0.978. The molecule has 1 rings (SSSR count). The number of carbonyl (C=O) groups excluding carboxylic acids is 2. The summed E-state index contributed by atoms with van der Waals surface area (Å²) >= 11 is 0. The SMILES string of the molecule is CC(C)(C)OC(=O)CC[C@H](N)C(=O)NCC1CCOCC1. The first-order valence-corrected chi connectivity index (χ1v) is 7.61. The number of ether oxygens (including phenoxy) is 2. The van der Waals surface area contributed by atoms with Crippen LogP contribution in [0.5, 0.6) is 0 Å². The standard InChI is InChI=1S/C15H28N2O4/c1-15(2,3)21-13(18)5-4-12(16)14(19)17-10-11-6-8-20-9-7-11/h11-12H,4-10,16H2,1-3H3,(H,17,19)/t12-/m0/s1. The van der Waals surface area contributed by atoms with E-state index in [2.05, 4.69) is 5.32 Å². The van der Waals surface area contributed by atoms with Crippen LogP contribution in [-0.2, 0) is 19.1 Å². The molecule has 0 saturated carbocycles. The second kappa shape index (κ2) is 8.34. The van der Waals surface area contributed by atoms with E-state index in [1.165, 1.54) is 0 Å². The van der Waals surface area contributed by atoms with Crippen LogP contribution in [0.4, 0.5) is 0 Å². The van der Waals surface area contributed by atoms with Gasteiger partial charge in [0.1, 0.15) is 5.60 Å². The first-order valence-electron chi connectivity index (χ1n) is 7.61. The van der Waals surface area contributed by atoms with E-state index in [0.717, 1.165) is 26.1 Å². The van der Waals surface area contributed by atoms with Crippen LogP contribution < -0.4 is 11.1 Å². The molecule has 21 heavy (non-hydrogen) atoms. The zero-order valence-electron chi connectivity index (χ0n) is 13.3. The van der Waals surface area contributed by atoms with Crippen LogP contribution in [0.2, 0.25) is 0 Å². The molecule has 3 N–H and O–H groups in total. The highest BCUT2D eigenvalue weighted by atomic mass is 16.6. The number of nitrogens with one attached hydrogen (secondary N) is 1. The lowest BCUT2D eigenvalue weighted by Gasteiger charge is -2.23. The Morgan fingerprint density at radius 1 is 1.33 bits per heavy atom. The molecule has 1 fully saturated rings. The summed E-state index contributed by atoms with van der Waals surface area (Å²) in [5.74, 6) is -0.0685. The average Bonchev–Trinajstić information content (AvgIpc) is 2.41. The summed E-state index contributed by atoms with van der Waals surface area (Å²) in [6, 6.07) is -0.669. The number of rotatable bonds is 6. The number of nitrogens with two attached hydrogens (primary N) is 1. The fourth-order valence-corrected chi connectivity index (χ4v) is 2.12. The molecule has 0 aromatic heterocycles. The molecule has 0 aromatic rings. The Hall–Kier alpha value is -1.14. The molecule has 0 unspecified atom stereocenters. The average molecular weight is 300 g/mol. The number of esters is 1. The quantitative estimate of drug-likeness (QED) is 0.714. The molecule has 1 atom stereocenters. The highest BCUT2D eigenvalue weighted by molar-refractivity contribution is 5.82. The van der Waals surface area contributed by atoms with E-state index in [-0.39, 0.29) is 18.3 Å². The molecule has 1 aliphatic rings. The summed E-state index contributed by atoms with van der Waals surface area (Å²) in [4.78, 5) is 23.4. The molecule has 1 amide bonds. The van der Waals surface area contributed by atoms with Crippen molar-refractivity contribution in [1.82, 2.24) is 5.32 Å². The first-order chi connectivity index (χ1) is 9.78. The van der Waals surface area contributed by atoms with Gasteiger partial charge < -0.3 is 20.5 Å². The van der Waals surface area contributed by atoms with Gasteiger partial charge in [-0.1, -0.05) is 0 Å². The van der Waals surface area contributed by atoms with Crippen LogP contribution in [0, 0.1) is 5.92 Å². The smallest absolute Gasteiger partial charge is 0.306 e. The van der Waals surface area contributed by atoms with Crippen LogP contribution in [0.1, 0.15) is 46.5 Å². The number of hydrogen-bond acceptors (Lipinski definition) is 5. The van der Waals surface area contributed by atoms with Crippen molar-refractivity contribution in [2.75, 3.05) is 19.8 Å². The Labute approximate surface area is 126 Å². The van der Waals surface area contributed by atoms with Crippen LogP contribution in [0.15, 0.2) is 0 Å². The van der Waals surface area contributed by atoms with Crippen molar-refractivity contribution in [3.05, 3.63) is 0 Å². The lowest BCUT2D eigenvalue weighted by atomic mass is 10.0. The molecular formula is C15H28N2O4. The Morgan fingerprint density at radius 2 is 1.95 bits per heavy atom. The van der Waals surface area contributed by atoms with Crippen molar-refractivity contribution in [2.45, 2.75) is 58.1 Å². The highest BCUT2D eigenvalue weighted by Crippen LogP contribution is 2.13. The Bertz CT molecular complexity index is 346. The zero-order valence-corrected chi connectivity index (χ0v) is 13.3. The fourth-order valence-electron chi connectivity index (χ4n) is 2.12. The van der Waals surface area contributed by atoms with Crippen LogP contribution in [0.3, 0.4) is 0 Å². The predicted molar refractivity (Wildman–Crippen MR) is 79.6 cm³/mol. The molecule has 0 radical (unpaired) electrons. The minimum absolute atomic E-state index is 0.156. The van der Waals surface area contributed by atoms with Crippen molar-refractivity contribution in [2.24, 2.45) is 11.7 Å². The highest BCUT2D eigenvalue weighted by Gasteiger charge is 2.21. The van der Waals surface area contributed by atoms with Gasteiger partial charge in [-0.05, 0) is 46.0 Å². The maximum absolute atomic E-state index is 11.9. The lowest BCUT2D eigenvalue weighted by Crippen LogP contribution is -2.43. The normalized spacial score (nSPS) is 18.1. The molecule has 6 heteroatoms. The Morgan fingerprint density at radius 3 is 2.52 bits per heavy atom. The van der Waals surface area contributed by atoms with Gasteiger partial charge in [-0.15, -0.1) is 0 Å². The zero-order chi connectivity index (χ0) is 15.9. The summed E-state index contributed by atoms with van der Waals surface area (Å²) in [5.41, 5.74) is 5.29. The number of amides is 1. The van der Waals surface area contributed by atoms with Gasteiger partial charge in [0.15, 0.2) is 0 Å². The summed E-state index contributed by atoms with van der Waals surface area (Å²) in [7, 11) is 0. The van der Waals surface area contributed by atoms with E-state index in [4.69, 9.17) is 15.2 Å². The van der Waals surface area contributed by atoms with Gasteiger partial charge in [-0.2, -0.15) is 0 Å². The number of carbonyl (C=O) groups is 2. The molecule has 1 heterocycles. The van der Waals surface area contributed by atoms with E-state index in [0.29, 0.717) is 18.9 Å². The van der Waals surface area contributed by atoms with Gasteiger partial charge in [-0.25, -0.2) is 0 Å². The molecule has 0 aromatic carbocycles. The van der Waals surface area contributed by atoms with Gasteiger partial charge in [0, 0.05) is 26.2 Å². The van der Waals surface area contributed by atoms with Gasteiger partial charge >= 0.3 is 5.97 Å². The van der Waals surface area contributed by atoms with Gasteiger partial charge in [0.2, 0.25) is 5.91 Å². The number of hydrogen-bond donors (Lipinski definition) is 2. The molecular weight excluding hydrogens is 272 g/mol. The summed E-state index contributed by atoms with van der Waals surface area (Å²) in [6.45, 7) is 7.57. The topological polar surface area (TPSA) is 90.7 Å². The van der Waals surface area contributed by atoms with E-state index in [9.17, 15) is 9.59 Å². The fraction of sp³-hybridized carbons (Fsp3) is 0.867. The Kier molecular flexibility index (Phi) is 7.11. The van der Waals surface area contributed by atoms with E-state index in [1.54, 1.807) is 0 Å². The third kappa shape index (κ3) is 8.02. The molecule has 1 saturated heterocycles. The van der Waals surface area contributed by atoms with Crippen molar-refractivity contribution >= 4 is 11.9 Å². The summed E-state index contributed by atoms with van der Waals surface area (Å²) in [6.07, 6.45) is 2.39. The summed E-state index contributed by atoms with van der Waals surface area (Å²) in [5, 5.41) is 2.85. The second-order valence-corrected chi connectivity index (χ2v) is 6.53. The minimum atomic E-state index is -0.669.